The molecule has 1 aromatic carbocycles. The van der Waals surface area contributed by atoms with Crippen molar-refractivity contribution in [3.05, 3.63) is 54.4 Å². The van der Waals surface area contributed by atoms with Gasteiger partial charge in [0, 0.05) is 17.7 Å². The van der Waals surface area contributed by atoms with E-state index in [0.717, 1.165) is 23.5 Å². The molecule has 21 heavy (non-hydrogen) atoms. The molecule has 0 aliphatic carbocycles. The zero-order valence-corrected chi connectivity index (χ0v) is 12.6. The summed E-state index contributed by atoms with van der Waals surface area (Å²) in [5, 5.41) is 21.4. The standard InChI is InChI=1S/C12H7BrFNO5S/c13-7-3-9(15(18)19)10(4-8(7)14)20-5-6-1-2-21-11(6)12(16)17/h1-4H,5H2,(H,16,17). The minimum Gasteiger partial charge on any atom is -0.482 e. The minimum absolute atomic E-state index is 0.0525. The molecule has 0 saturated carbocycles. The van der Waals surface area contributed by atoms with Gasteiger partial charge in [-0.25, -0.2) is 9.18 Å². The van der Waals surface area contributed by atoms with Crippen LogP contribution in [0.15, 0.2) is 28.1 Å². The van der Waals surface area contributed by atoms with Gasteiger partial charge in [0.25, 0.3) is 0 Å². The third-order valence-corrected chi connectivity index (χ3v) is 4.08. The lowest BCUT2D eigenvalue weighted by atomic mass is 10.2. The van der Waals surface area contributed by atoms with Crippen molar-refractivity contribution in [3.8, 4) is 5.75 Å². The summed E-state index contributed by atoms with van der Waals surface area (Å²) in [4.78, 5) is 21.2. The smallest absolute Gasteiger partial charge is 0.346 e. The van der Waals surface area contributed by atoms with Gasteiger partial charge in [-0.1, -0.05) is 0 Å². The molecule has 0 saturated heterocycles. The molecule has 1 aromatic heterocycles. The lowest BCUT2D eigenvalue weighted by molar-refractivity contribution is -0.386. The summed E-state index contributed by atoms with van der Waals surface area (Å²) in [5.41, 5.74) is -0.0412. The van der Waals surface area contributed by atoms with Gasteiger partial charge in [-0.3, -0.25) is 10.1 Å². The summed E-state index contributed by atoms with van der Waals surface area (Å²) in [7, 11) is 0. The topological polar surface area (TPSA) is 89.7 Å². The SMILES string of the molecule is O=C(O)c1sccc1COc1cc(F)c(Br)cc1[N+](=O)[O-]. The fourth-order valence-electron chi connectivity index (χ4n) is 1.57. The number of thiophene rings is 1. The van der Waals surface area contributed by atoms with E-state index in [9.17, 15) is 19.3 Å². The maximum Gasteiger partial charge on any atom is 0.346 e. The summed E-state index contributed by atoms with van der Waals surface area (Å²) in [6.45, 7) is -0.201. The van der Waals surface area contributed by atoms with E-state index < -0.39 is 22.4 Å². The van der Waals surface area contributed by atoms with Crippen molar-refractivity contribution < 1.29 is 24.0 Å². The highest BCUT2D eigenvalue weighted by atomic mass is 79.9. The Morgan fingerprint density at radius 3 is 2.86 bits per heavy atom. The van der Waals surface area contributed by atoms with Crippen LogP contribution in [0.5, 0.6) is 5.75 Å². The number of halogens is 2. The van der Waals surface area contributed by atoms with Crippen molar-refractivity contribution >= 4 is 38.9 Å². The van der Waals surface area contributed by atoms with Gasteiger partial charge in [0.05, 0.1) is 9.40 Å². The Hall–Kier alpha value is -2.00. The Morgan fingerprint density at radius 2 is 2.24 bits per heavy atom. The van der Waals surface area contributed by atoms with Crippen molar-refractivity contribution in [1.82, 2.24) is 0 Å². The van der Waals surface area contributed by atoms with E-state index in [2.05, 4.69) is 15.9 Å². The Balaban J connectivity index is 2.27. The number of aromatic carboxylic acids is 1. The number of nitro groups is 1. The van der Waals surface area contributed by atoms with Crippen LogP contribution in [0.25, 0.3) is 0 Å². The highest BCUT2D eigenvalue weighted by molar-refractivity contribution is 9.10. The molecule has 0 radical (unpaired) electrons. The zero-order valence-electron chi connectivity index (χ0n) is 10.2. The fourth-order valence-corrected chi connectivity index (χ4v) is 2.65. The average Bonchev–Trinajstić information content (AvgIpc) is 2.88. The Morgan fingerprint density at radius 1 is 1.52 bits per heavy atom. The van der Waals surface area contributed by atoms with E-state index >= 15 is 0 Å². The number of nitro benzene ring substituents is 1. The summed E-state index contributed by atoms with van der Waals surface area (Å²) in [6.07, 6.45) is 0. The molecule has 9 heteroatoms. The molecule has 2 rings (SSSR count). The molecule has 0 aliphatic rings. The monoisotopic (exact) mass is 375 g/mol. The fraction of sp³-hybridized carbons (Fsp3) is 0.0833. The molecule has 1 N–H and O–H groups in total. The molecular weight excluding hydrogens is 369 g/mol. The number of hydrogen-bond acceptors (Lipinski definition) is 5. The van der Waals surface area contributed by atoms with Crippen LogP contribution in [0.2, 0.25) is 0 Å². The molecule has 0 atom stereocenters. The highest BCUT2D eigenvalue weighted by Crippen LogP contribution is 2.33. The Labute approximate surface area is 130 Å². The van der Waals surface area contributed by atoms with Crippen LogP contribution < -0.4 is 4.74 Å². The lowest BCUT2D eigenvalue weighted by Crippen LogP contribution is -2.03. The molecular formula is C12H7BrFNO5S. The largest absolute Gasteiger partial charge is 0.482 e. The van der Waals surface area contributed by atoms with Crippen LogP contribution in [0.4, 0.5) is 10.1 Å². The van der Waals surface area contributed by atoms with E-state index in [0.29, 0.717) is 5.56 Å². The lowest BCUT2D eigenvalue weighted by Gasteiger charge is -2.07. The second-order valence-corrected chi connectivity index (χ2v) is 5.63. The van der Waals surface area contributed by atoms with Gasteiger partial charge in [0.1, 0.15) is 17.3 Å². The first-order valence-corrected chi connectivity index (χ1v) is 7.13. The van der Waals surface area contributed by atoms with E-state index in [4.69, 9.17) is 9.84 Å². The molecule has 6 nitrogen and oxygen atoms in total. The first-order valence-electron chi connectivity index (χ1n) is 5.46. The van der Waals surface area contributed by atoms with Gasteiger partial charge < -0.3 is 9.84 Å². The summed E-state index contributed by atoms with van der Waals surface area (Å²) >= 11 is 3.87. The highest BCUT2D eigenvalue weighted by Gasteiger charge is 2.20. The normalized spacial score (nSPS) is 10.4. The van der Waals surface area contributed by atoms with Crippen LogP contribution in [-0.2, 0) is 6.61 Å². The van der Waals surface area contributed by atoms with E-state index in [-0.39, 0.29) is 21.7 Å². The average molecular weight is 376 g/mol. The van der Waals surface area contributed by atoms with Crippen LogP contribution in [-0.4, -0.2) is 16.0 Å². The number of ether oxygens (including phenoxy) is 1. The van der Waals surface area contributed by atoms with Crippen molar-refractivity contribution in [2.45, 2.75) is 6.61 Å². The molecule has 110 valence electrons. The zero-order chi connectivity index (χ0) is 15.6. The molecule has 0 fully saturated rings. The third kappa shape index (κ3) is 3.37. The number of nitrogens with zero attached hydrogens (tertiary/aromatic N) is 1. The molecule has 0 spiro atoms. The van der Waals surface area contributed by atoms with Crippen molar-refractivity contribution in [2.24, 2.45) is 0 Å². The van der Waals surface area contributed by atoms with E-state index in [1.54, 1.807) is 5.38 Å². The first-order chi connectivity index (χ1) is 9.90. The van der Waals surface area contributed by atoms with Crippen LogP contribution in [0.3, 0.4) is 0 Å². The van der Waals surface area contributed by atoms with Gasteiger partial charge in [0.15, 0.2) is 5.75 Å². The van der Waals surface area contributed by atoms with Gasteiger partial charge in [0.2, 0.25) is 0 Å². The van der Waals surface area contributed by atoms with Gasteiger partial charge in [-0.15, -0.1) is 11.3 Å². The summed E-state index contributed by atoms with van der Waals surface area (Å²) < 4.78 is 18.6. The molecule has 0 unspecified atom stereocenters. The number of carboxylic acids is 1. The van der Waals surface area contributed by atoms with Crippen LogP contribution in [0, 0.1) is 15.9 Å². The van der Waals surface area contributed by atoms with E-state index in [1.165, 1.54) is 6.07 Å². The molecule has 0 amide bonds. The van der Waals surface area contributed by atoms with E-state index in [1.807, 2.05) is 0 Å². The molecule has 2 aromatic rings. The van der Waals surface area contributed by atoms with Crippen molar-refractivity contribution in [3.63, 3.8) is 0 Å². The molecule has 0 aliphatic heterocycles. The molecule has 1 heterocycles. The number of benzene rings is 1. The molecule has 0 bridgehead atoms. The number of rotatable bonds is 5. The second kappa shape index (κ2) is 6.19. The number of hydrogen-bond donors (Lipinski definition) is 1. The van der Waals surface area contributed by atoms with Crippen molar-refractivity contribution in [1.29, 1.82) is 0 Å². The third-order valence-electron chi connectivity index (χ3n) is 2.52. The predicted molar refractivity (Wildman–Crippen MR) is 76.4 cm³/mol. The Bertz CT molecular complexity index is 718. The van der Waals surface area contributed by atoms with Gasteiger partial charge in [-0.05, 0) is 27.4 Å². The van der Waals surface area contributed by atoms with Gasteiger partial charge >= 0.3 is 11.7 Å². The number of carboxylic acid groups (broad SMARTS) is 1. The summed E-state index contributed by atoms with van der Waals surface area (Å²) in [5.74, 6) is -2.08. The Kier molecular flexibility index (Phi) is 4.53. The first kappa shape index (κ1) is 15.4. The predicted octanol–water partition coefficient (Wildman–Crippen LogP) is 3.84. The maximum atomic E-state index is 13.5. The van der Waals surface area contributed by atoms with Crippen molar-refractivity contribution in [2.75, 3.05) is 0 Å². The minimum atomic E-state index is -1.11. The van der Waals surface area contributed by atoms with Crippen LogP contribution >= 0.6 is 27.3 Å². The summed E-state index contributed by atoms with van der Waals surface area (Å²) in [6, 6.07) is 3.42. The second-order valence-electron chi connectivity index (χ2n) is 3.86. The quantitative estimate of drug-likeness (QED) is 0.633. The maximum absolute atomic E-state index is 13.5. The van der Waals surface area contributed by atoms with Gasteiger partial charge in [-0.2, -0.15) is 0 Å². The van der Waals surface area contributed by atoms with Crippen LogP contribution in [0.1, 0.15) is 15.2 Å². The number of carbonyl (C=O) groups is 1.